The standard InChI is InChI=1S/C11H13N3O2S/c1-8(2)7-14-17(15,16)11-4-3-10(13)5-9(11)6-12/h3-5,14H,1,7,13H2,2H3. The van der Waals surface area contributed by atoms with Crippen molar-refractivity contribution in [3.8, 4) is 6.07 Å². The van der Waals surface area contributed by atoms with Gasteiger partial charge in [0.1, 0.15) is 6.07 Å². The Morgan fingerprint density at radius 2 is 2.24 bits per heavy atom. The van der Waals surface area contributed by atoms with Crippen LogP contribution in [-0.2, 0) is 10.0 Å². The summed E-state index contributed by atoms with van der Waals surface area (Å²) in [6, 6.07) is 5.89. The minimum atomic E-state index is -3.70. The number of anilines is 1. The van der Waals surface area contributed by atoms with E-state index < -0.39 is 10.0 Å². The molecule has 1 aromatic carbocycles. The lowest BCUT2D eigenvalue weighted by atomic mass is 10.2. The smallest absolute Gasteiger partial charge is 0.242 e. The summed E-state index contributed by atoms with van der Waals surface area (Å²) >= 11 is 0. The van der Waals surface area contributed by atoms with Crippen LogP contribution in [0.5, 0.6) is 0 Å². The third-order valence-corrected chi connectivity index (χ3v) is 3.44. The van der Waals surface area contributed by atoms with Gasteiger partial charge in [0, 0.05) is 12.2 Å². The summed E-state index contributed by atoms with van der Waals surface area (Å²) in [7, 11) is -3.70. The fourth-order valence-electron chi connectivity index (χ4n) is 1.17. The molecule has 0 aromatic heterocycles. The molecule has 17 heavy (non-hydrogen) atoms. The maximum atomic E-state index is 11.9. The van der Waals surface area contributed by atoms with Gasteiger partial charge in [-0.1, -0.05) is 12.2 Å². The molecule has 0 saturated carbocycles. The van der Waals surface area contributed by atoms with Gasteiger partial charge in [0.25, 0.3) is 0 Å². The molecule has 0 unspecified atom stereocenters. The summed E-state index contributed by atoms with van der Waals surface area (Å²) < 4.78 is 26.1. The third-order valence-electron chi connectivity index (χ3n) is 1.98. The van der Waals surface area contributed by atoms with Gasteiger partial charge in [-0.3, -0.25) is 0 Å². The fourth-order valence-corrected chi connectivity index (χ4v) is 2.40. The van der Waals surface area contributed by atoms with Crippen LogP contribution in [0, 0.1) is 11.3 Å². The molecule has 90 valence electrons. The minimum Gasteiger partial charge on any atom is -0.399 e. The number of nitriles is 1. The van der Waals surface area contributed by atoms with Crippen LogP contribution in [0.1, 0.15) is 12.5 Å². The summed E-state index contributed by atoms with van der Waals surface area (Å²) in [5.41, 5.74) is 6.55. The summed E-state index contributed by atoms with van der Waals surface area (Å²) in [5.74, 6) is 0. The van der Waals surface area contributed by atoms with E-state index in [0.29, 0.717) is 11.3 Å². The molecule has 0 amide bonds. The normalized spacial score (nSPS) is 10.8. The summed E-state index contributed by atoms with van der Waals surface area (Å²) in [6.45, 7) is 5.44. The fraction of sp³-hybridized carbons (Fsp3) is 0.182. The highest BCUT2D eigenvalue weighted by molar-refractivity contribution is 7.89. The predicted octanol–water partition coefficient (Wildman–Crippen LogP) is 0.995. The Bertz CT molecular complexity index is 585. The minimum absolute atomic E-state index is 0.0271. The van der Waals surface area contributed by atoms with E-state index in [-0.39, 0.29) is 17.0 Å². The van der Waals surface area contributed by atoms with Gasteiger partial charge in [-0.05, 0) is 25.1 Å². The number of nitrogen functional groups attached to an aromatic ring is 1. The second-order valence-corrected chi connectivity index (χ2v) is 5.38. The number of hydrogen-bond donors (Lipinski definition) is 2. The molecule has 1 aromatic rings. The SMILES string of the molecule is C=C(C)CNS(=O)(=O)c1ccc(N)cc1C#N. The van der Waals surface area contributed by atoms with Gasteiger partial charge in [-0.25, -0.2) is 13.1 Å². The maximum Gasteiger partial charge on any atom is 0.242 e. The monoisotopic (exact) mass is 251 g/mol. The van der Waals surface area contributed by atoms with E-state index in [1.807, 2.05) is 6.07 Å². The number of rotatable bonds is 4. The van der Waals surface area contributed by atoms with Crippen LogP contribution in [0.25, 0.3) is 0 Å². The average molecular weight is 251 g/mol. The van der Waals surface area contributed by atoms with Crippen molar-refractivity contribution in [1.82, 2.24) is 4.72 Å². The third kappa shape index (κ3) is 3.31. The first kappa shape index (κ1) is 13.2. The number of nitrogens with one attached hydrogen (secondary N) is 1. The van der Waals surface area contributed by atoms with Crippen molar-refractivity contribution in [1.29, 1.82) is 5.26 Å². The molecule has 0 saturated heterocycles. The van der Waals surface area contributed by atoms with E-state index in [1.165, 1.54) is 18.2 Å². The van der Waals surface area contributed by atoms with Crippen molar-refractivity contribution in [2.75, 3.05) is 12.3 Å². The zero-order valence-electron chi connectivity index (χ0n) is 9.40. The zero-order chi connectivity index (χ0) is 13.1. The topological polar surface area (TPSA) is 96.0 Å². The Morgan fingerprint density at radius 1 is 1.59 bits per heavy atom. The van der Waals surface area contributed by atoms with Crippen LogP contribution < -0.4 is 10.5 Å². The highest BCUT2D eigenvalue weighted by Crippen LogP contribution is 2.17. The molecular weight excluding hydrogens is 238 g/mol. The maximum absolute atomic E-state index is 11.9. The van der Waals surface area contributed by atoms with Gasteiger partial charge in [-0.15, -0.1) is 0 Å². The molecule has 5 nitrogen and oxygen atoms in total. The molecule has 6 heteroatoms. The molecule has 0 aliphatic heterocycles. The van der Waals surface area contributed by atoms with Gasteiger partial charge in [0.05, 0.1) is 10.5 Å². The largest absolute Gasteiger partial charge is 0.399 e. The molecule has 0 spiro atoms. The first-order valence-electron chi connectivity index (χ1n) is 4.80. The Labute approximate surface area is 101 Å². The average Bonchev–Trinajstić information content (AvgIpc) is 2.26. The second kappa shape index (κ2) is 4.99. The van der Waals surface area contributed by atoms with Crippen molar-refractivity contribution >= 4 is 15.7 Å². The van der Waals surface area contributed by atoms with E-state index in [2.05, 4.69) is 11.3 Å². The van der Waals surface area contributed by atoms with Crippen LogP contribution >= 0.6 is 0 Å². The highest BCUT2D eigenvalue weighted by atomic mass is 32.2. The van der Waals surface area contributed by atoms with Gasteiger partial charge in [0.2, 0.25) is 10.0 Å². The van der Waals surface area contributed by atoms with E-state index in [0.717, 1.165) is 0 Å². The van der Waals surface area contributed by atoms with Crippen LogP contribution in [0.3, 0.4) is 0 Å². The molecule has 0 fully saturated rings. The number of hydrogen-bond acceptors (Lipinski definition) is 4. The summed E-state index contributed by atoms with van der Waals surface area (Å²) in [5, 5.41) is 8.87. The predicted molar refractivity (Wildman–Crippen MR) is 65.6 cm³/mol. The molecular formula is C11H13N3O2S. The summed E-state index contributed by atoms with van der Waals surface area (Å²) in [6.07, 6.45) is 0. The van der Waals surface area contributed by atoms with Crippen LogP contribution in [0.4, 0.5) is 5.69 Å². The van der Waals surface area contributed by atoms with Crippen LogP contribution in [-0.4, -0.2) is 15.0 Å². The molecule has 0 radical (unpaired) electrons. The Balaban J connectivity index is 3.16. The number of sulfonamides is 1. The van der Waals surface area contributed by atoms with Gasteiger partial charge in [0.15, 0.2) is 0 Å². The van der Waals surface area contributed by atoms with Gasteiger partial charge < -0.3 is 5.73 Å². The Hall–Kier alpha value is -1.84. The molecule has 0 bridgehead atoms. The van der Waals surface area contributed by atoms with Crippen LogP contribution in [0.2, 0.25) is 0 Å². The molecule has 0 aliphatic rings. The molecule has 3 N–H and O–H groups in total. The lowest BCUT2D eigenvalue weighted by Crippen LogP contribution is -2.26. The highest BCUT2D eigenvalue weighted by Gasteiger charge is 2.18. The van der Waals surface area contributed by atoms with Crippen molar-refractivity contribution in [2.45, 2.75) is 11.8 Å². The second-order valence-electron chi connectivity index (χ2n) is 3.65. The van der Waals surface area contributed by atoms with E-state index in [4.69, 9.17) is 11.0 Å². The van der Waals surface area contributed by atoms with Crippen LogP contribution in [0.15, 0.2) is 35.2 Å². The quantitative estimate of drug-likeness (QED) is 0.616. The van der Waals surface area contributed by atoms with E-state index in [9.17, 15) is 8.42 Å². The Kier molecular flexibility index (Phi) is 3.89. The van der Waals surface area contributed by atoms with E-state index >= 15 is 0 Å². The van der Waals surface area contributed by atoms with Crippen molar-refractivity contribution in [3.05, 3.63) is 35.9 Å². The van der Waals surface area contributed by atoms with Crippen molar-refractivity contribution in [2.24, 2.45) is 0 Å². The zero-order valence-corrected chi connectivity index (χ0v) is 10.2. The first-order chi connectivity index (χ1) is 7.86. The molecule has 0 heterocycles. The summed E-state index contributed by atoms with van der Waals surface area (Å²) in [4.78, 5) is -0.0737. The van der Waals surface area contributed by atoms with Crippen molar-refractivity contribution < 1.29 is 8.42 Å². The molecule has 1 rings (SSSR count). The molecule has 0 atom stereocenters. The lowest BCUT2D eigenvalue weighted by molar-refractivity contribution is 0.584. The molecule has 0 aliphatic carbocycles. The number of nitrogens with two attached hydrogens (primary N) is 1. The lowest BCUT2D eigenvalue weighted by Gasteiger charge is -2.08. The Morgan fingerprint density at radius 3 is 2.76 bits per heavy atom. The number of benzene rings is 1. The van der Waals surface area contributed by atoms with E-state index in [1.54, 1.807) is 6.92 Å². The van der Waals surface area contributed by atoms with Gasteiger partial charge >= 0.3 is 0 Å². The van der Waals surface area contributed by atoms with Gasteiger partial charge in [-0.2, -0.15) is 5.26 Å². The first-order valence-corrected chi connectivity index (χ1v) is 6.29. The number of nitrogens with zero attached hydrogens (tertiary/aromatic N) is 1. The van der Waals surface area contributed by atoms with Crippen molar-refractivity contribution in [3.63, 3.8) is 0 Å².